The van der Waals surface area contributed by atoms with Gasteiger partial charge in [0.05, 0.1) is 6.04 Å². The molecule has 5 nitrogen and oxygen atoms in total. The van der Waals surface area contributed by atoms with Crippen molar-refractivity contribution in [2.45, 2.75) is 52.1 Å². The minimum atomic E-state index is -0.386. The van der Waals surface area contributed by atoms with Gasteiger partial charge in [-0.1, -0.05) is 30.3 Å². The number of rotatable bonds is 7. The number of benzene rings is 2. The Balaban J connectivity index is 1.48. The molecule has 2 aromatic carbocycles. The summed E-state index contributed by atoms with van der Waals surface area (Å²) in [5.74, 6) is 0.767. The van der Waals surface area contributed by atoms with Crippen molar-refractivity contribution in [2.24, 2.45) is 5.92 Å². The second-order valence-electron chi connectivity index (χ2n) is 9.29. The third-order valence-corrected chi connectivity index (χ3v) is 6.45. The molecule has 4 rings (SSSR count). The van der Waals surface area contributed by atoms with Crippen molar-refractivity contribution in [3.05, 3.63) is 71.4 Å². The molecular formula is C27H33N3O2. The summed E-state index contributed by atoms with van der Waals surface area (Å²) < 4.78 is 0. The van der Waals surface area contributed by atoms with Crippen molar-refractivity contribution in [2.75, 3.05) is 13.1 Å². The topological polar surface area (TPSA) is 65.2 Å². The molecule has 0 radical (unpaired) electrons. The Kier molecular flexibility index (Phi) is 6.75. The third-order valence-electron chi connectivity index (χ3n) is 6.45. The van der Waals surface area contributed by atoms with E-state index in [-0.39, 0.29) is 23.8 Å². The molecule has 2 heterocycles. The molecule has 1 atom stereocenters. The van der Waals surface area contributed by atoms with E-state index in [4.69, 9.17) is 0 Å². The number of carbonyl (C=O) groups is 2. The summed E-state index contributed by atoms with van der Waals surface area (Å²) >= 11 is 0. The number of ketones is 1. The molecule has 32 heavy (non-hydrogen) atoms. The number of hydrogen-bond acceptors (Lipinski definition) is 3. The molecule has 1 aliphatic heterocycles. The lowest BCUT2D eigenvalue weighted by Crippen LogP contribution is -2.38. The van der Waals surface area contributed by atoms with Crippen LogP contribution in [0, 0.1) is 5.92 Å². The van der Waals surface area contributed by atoms with Crippen LogP contribution < -0.4 is 5.32 Å². The van der Waals surface area contributed by atoms with Crippen LogP contribution in [0.5, 0.6) is 0 Å². The predicted octanol–water partition coefficient (Wildman–Crippen LogP) is 4.89. The van der Waals surface area contributed by atoms with Crippen LogP contribution in [-0.4, -0.2) is 40.7 Å². The van der Waals surface area contributed by atoms with Gasteiger partial charge < -0.3 is 15.2 Å². The summed E-state index contributed by atoms with van der Waals surface area (Å²) in [6.07, 6.45) is 5.03. The minimum Gasteiger partial charge on any atom is -0.361 e. The van der Waals surface area contributed by atoms with Crippen molar-refractivity contribution >= 4 is 22.6 Å². The van der Waals surface area contributed by atoms with E-state index < -0.39 is 0 Å². The zero-order valence-corrected chi connectivity index (χ0v) is 19.2. The van der Waals surface area contributed by atoms with Crippen LogP contribution in [0.25, 0.3) is 10.9 Å². The molecular weight excluding hydrogens is 398 g/mol. The van der Waals surface area contributed by atoms with Gasteiger partial charge in [-0.25, -0.2) is 0 Å². The van der Waals surface area contributed by atoms with Crippen LogP contribution in [0.2, 0.25) is 0 Å². The van der Waals surface area contributed by atoms with E-state index in [0.717, 1.165) is 48.8 Å². The number of nitrogens with zero attached hydrogens (tertiary/aromatic N) is 1. The Labute approximate surface area is 190 Å². The van der Waals surface area contributed by atoms with Crippen molar-refractivity contribution in [1.29, 1.82) is 0 Å². The molecule has 5 heteroatoms. The first-order chi connectivity index (χ1) is 15.4. The average Bonchev–Trinajstić information content (AvgIpc) is 3.21. The molecule has 1 amide bonds. The number of H-pyrrole nitrogens is 1. The highest BCUT2D eigenvalue weighted by Crippen LogP contribution is 2.28. The minimum absolute atomic E-state index is 0.0665. The number of aromatic nitrogens is 1. The number of carbonyl (C=O) groups excluding carboxylic acids is 2. The summed E-state index contributed by atoms with van der Waals surface area (Å²) in [6.45, 7) is 7.24. The van der Waals surface area contributed by atoms with Gasteiger partial charge in [0.1, 0.15) is 0 Å². The molecule has 0 saturated carbocycles. The van der Waals surface area contributed by atoms with Gasteiger partial charge in [-0.15, -0.1) is 0 Å². The van der Waals surface area contributed by atoms with E-state index >= 15 is 0 Å². The van der Waals surface area contributed by atoms with Crippen LogP contribution >= 0.6 is 0 Å². The van der Waals surface area contributed by atoms with E-state index in [1.54, 1.807) is 6.92 Å². The summed E-state index contributed by atoms with van der Waals surface area (Å²) in [6, 6.07) is 16.2. The Hall–Kier alpha value is -2.92. The van der Waals surface area contributed by atoms with E-state index in [9.17, 15) is 9.59 Å². The van der Waals surface area contributed by atoms with E-state index in [0.29, 0.717) is 11.5 Å². The number of amides is 1. The van der Waals surface area contributed by atoms with Crippen LogP contribution in [0.15, 0.2) is 54.7 Å². The first-order valence-corrected chi connectivity index (χ1v) is 11.6. The van der Waals surface area contributed by atoms with Crippen LogP contribution in [-0.2, 0) is 11.2 Å². The molecule has 2 N–H and O–H groups in total. The molecule has 168 valence electrons. The fraction of sp³-hybridized carbons (Fsp3) is 0.407. The van der Waals surface area contributed by atoms with Gasteiger partial charge in [0.2, 0.25) is 0 Å². The zero-order chi connectivity index (χ0) is 22.7. The summed E-state index contributed by atoms with van der Waals surface area (Å²) in [4.78, 5) is 30.8. The highest BCUT2D eigenvalue weighted by Gasteiger charge is 2.25. The summed E-state index contributed by atoms with van der Waals surface area (Å²) in [7, 11) is 0. The standard InChI is InChI=1S/C27H33N3O2/c1-18(2)29-26(19(3)31)24-17-28-25-10-9-22(16-23(24)25)27(32)30-13-11-21(12-14-30)15-20-7-5-4-6-8-20/h4-10,16-18,21,26,28-29H,11-15H2,1-3H3. The highest BCUT2D eigenvalue weighted by molar-refractivity contribution is 6.00. The maximum atomic E-state index is 13.3. The fourth-order valence-corrected chi connectivity index (χ4v) is 4.74. The first-order valence-electron chi connectivity index (χ1n) is 11.6. The molecule has 1 aliphatic rings. The number of nitrogens with one attached hydrogen (secondary N) is 2. The van der Waals surface area contributed by atoms with E-state index in [1.165, 1.54) is 5.56 Å². The number of aromatic amines is 1. The number of Topliss-reactive ketones (excluding diaryl/α,β-unsaturated/α-hetero) is 1. The fourth-order valence-electron chi connectivity index (χ4n) is 4.74. The number of likely N-dealkylation sites (tertiary alicyclic amines) is 1. The molecule has 1 unspecified atom stereocenters. The van der Waals surface area contributed by atoms with Crippen molar-refractivity contribution in [1.82, 2.24) is 15.2 Å². The molecule has 0 spiro atoms. The lowest BCUT2D eigenvalue weighted by molar-refractivity contribution is -0.119. The Morgan fingerprint density at radius 2 is 1.81 bits per heavy atom. The highest BCUT2D eigenvalue weighted by atomic mass is 16.2. The van der Waals surface area contributed by atoms with Gasteiger partial charge >= 0.3 is 0 Å². The smallest absolute Gasteiger partial charge is 0.253 e. The Bertz CT molecular complexity index is 1080. The molecule has 0 bridgehead atoms. The van der Waals surface area contributed by atoms with Crippen LogP contribution in [0.3, 0.4) is 0 Å². The second-order valence-corrected chi connectivity index (χ2v) is 9.29. The largest absolute Gasteiger partial charge is 0.361 e. The maximum absolute atomic E-state index is 13.3. The van der Waals surface area contributed by atoms with Gasteiger partial charge in [-0.3, -0.25) is 9.59 Å². The summed E-state index contributed by atoms with van der Waals surface area (Å²) in [5.41, 5.74) is 3.90. The molecule has 1 saturated heterocycles. The first kappa shape index (κ1) is 22.3. The molecule has 1 fully saturated rings. The summed E-state index contributed by atoms with van der Waals surface area (Å²) in [5, 5.41) is 4.28. The van der Waals surface area contributed by atoms with Crippen molar-refractivity contribution in [3.8, 4) is 0 Å². The lowest BCUT2D eigenvalue weighted by atomic mass is 9.90. The van der Waals surface area contributed by atoms with Crippen LogP contribution in [0.1, 0.15) is 61.1 Å². The van der Waals surface area contributed by atoms with Gasteiger partial charge in [0.25, 0.3) is 5.91 Å². The van der Waals surface area contributed by atoms with E-state index in [1.807, 2.05) is 43.1 Å². The average molecular weight is 432 g/mol. The molecule has 1 aromatic heterocycles. The number of fused-ring (bicyclic) bond motifs is 1. The zero-order valence-electron chi connectivity index (χ0n) is 19.2. The lowest BCUT2D eigenvalue weighted by Gasteiger charge is -2.32. The quantitative estimate of drug-likeness (QED) is 0.560. The molecule has 3 aromatic rings. The van der Waals surface area contributed by atoms with Crippen molar-refractivity contribution < 1.29 is 9.59 Å². The normalized spacial score (nSPS) is 15.9. The SMILES string of the molecule is CC(=O)C(NC(C)C)c1c[nH]c2ccc(C(=O)N3CCC(Cc4ccccc4)CC3)cc12. The van der Waals surface area contributed by atoms with Crippen molar-refractivity contribution in [3.63, 3.8) is 0 Å². The van der Waals surface area contributed by atoms with Gasteiger partial charge in [-0.05, 0) is 69.7 Å². The van der Waals surface area contributed by atoms with Gasteiger partial charge in [-0.2, -0.15) is 0 Å². The number of piperidine rings is 1. The van der Waals surface area contributed by atoms with Gasteiger partial charge in [0.15, 0.2) is 5.78 Å². The maximum Gasteiger partial charge on any atom is 0.253 e. The van der Waals surface area contributed by atoms with Gasteiger partial charge in [0, 0.05) is 47.4 Å². The molecule has 0 aliphatic carbocycles. The Morgan fingerprint density at radius 1 is 1.09 bits per heavy atom. The predicted molar refractivity (Wildman–Crippen MR) is 129 cm³/mol. The third kappa shape index (κ3) is 4.94. The van der Waals surface area contributed by atoms with Crippen LogP contribution in [0.4, 0.5) is 0 Å². The Morgan fingerprint density at radius 3 is 2.47 bits per heavy atom. The van der Waals surface area contributed by atoms with E-state index in [2.05, 4.69) is 40.6 Å². The second kappa shape index (κ2) is 9.70. The monoisotopic (exact) mass is 431 g/mol. The number of hydrogen-bond donors (Lipinski definition) is 2.